The number of hydrogen-bond acceptors (Lipinski definition) is 5. The first-order valence-electron chi connectivity index (χ1n) is 9.30. The summed E-state index contributed by atoms with van der Waals surface area (Å²) in [5.74, 6) is 0.444. The molecule has 6 heteroatoms. The molecule has 4 aromatic rings. The standard InChI is InChI=1S/C23H21NO5/c1-13-12-28-20-10-21-17(8-16(13)20)14(2)18(23(26)29-21)9-22(25)24-11-15-6-4-5-7-19(15)27-3/h4-8,10,12H,9,11H2,1-3H3,(H,24,25). The summed E-state index contributed by atoms with van der Waals surface area (Å²) in [7, 11) is 1.59. The quantitative estimate of drug-likeness (QED) is 0.520. The van der Waals surface area contributed by atoms with Gasteiger partial charge in [-0.05, 0) is 37.1 Å². The number of ether oxygens (including phenoxy) is 1. The van der Waals surface area contributed by atoms with Gasteiger partial charge in [0.15, 0.2) is 0 Å². The fourth-order valence-electron chi connectivity index (χ4n) is 3.51. The molecule has 2 heterocycles. The molecule has 4 rings (SSSR count). The summed E-state index contributed by atoms with van der Waals surface area (Å²) in [6, 6.07) is 11.1. The lowest BCUT2D eigenvalue weighted by Gasteiger charge is -2.11. The van der Waals surface area contributed by atoms with Crippen LogP contribution in [-0.4, -0.2) is 13.0 Å². The van der Waals surface area contributed by atoms with E-state index in [0.717, 1.165) is 27.5 Å². The number of carbonyl (C=O) groups is 1. The SMILES string of the molecule is COc1ccccc1CNC(=O)Cc1c(C)c2cc3c(C)coc3cc2oc1=O. The van der Waals surface area contributed by atoms with Crippen LogP contribution in [0.2, 0.25) is 0 Å². The molecule has 0 bridgehead atoms. The van der Waals surface area contributed by atoms with E-state index in [1.54, 1.807) is 19.4 Å². The summed E-state index contributed by atoms with van der Waals surface area (Å²) >= 11 is 0. The summed E-state index contributed by atoms with van der Waals surface area (Å²) in [4.78, 5) is 25.0. The van der Waals surface area contributed by atoms with Crippen molar-refractivity contribution in [3.05, 3.63) is 75.3 Å². The van der Waals surface area contributed by atoms with E-state index >= 15 is 0 Å². The number of hydrogen-bond donors (Lipinski definition) is 1. The number of rotatable bonds is 5. The summed E-state index contributed by atoms with van der Waals surface area (Å²) in [5, 5.41) is 4.60. The number of furan rings is 1. The Labute approximate surface area is 167 Å². The number of amides is 1. The van der Waals surface area contributed by atoms with E-state index in [1.165, 1.54) is 0 Å². The smallest absolute Gasteiger partial charge is 0.340 e. The van der Waals surface area contributed by atoms with E-state index in [-0.39, 0.29) is 12.3 Å². The first-order valence-corrected chi connectivity index (χ1v) is 9.30. The van der Waals surface area contributed by atoms with Crippen molar-refractivity contribution >= 4 is 27.8 Å². The van der Waals surface area contributed by atoms with Gasteiger partial charge in [0.25, 0.3) is 0 Å². The third-order valence-corrected chi connectivity index (χ3v) is 5.18. The molecular weight excluding hydrogens is 370 g/mol. The Bertz CT molecular complexity index is 1280. The highest BCUT2D eigenvalue weighted by Crippen LogP contribution is 2.28. The second-order valence-electron chi connectivity index (χ2n) is 7.02. The Morgan fingerprint density at radius 1 is 1.10 bits per heavy atom. The number of nitrogens with one attached hydrogen (secondary N) is 1. The minimum Gasteiger partial charge on any atom is -0.496 e. The highest BCUT2D eigenvalue weighted by atomic mass is 16.5. The minimum absolute atomic E-state index is 0.0539. The predicted octanol–water partition coefficient (Wildman–Crippen LogP) is 4.02. The van der Waals surface area contributed by atoms with Gasteiger partial charge in [-0.2, -0.15) is 0 Å². The van der Waals surface area contributed by atoms with Crippen LogP contribution in [0.3, 0.4) is 0 Å². The van der Waals surface area contributed by atoms with Gasteiger partial charge in [-0.15, -0.1) is 0 Å². The third-order valence-electron chi connectivity index (χ3n) is 5.18. The lowest BCUT2D eigenvalue weighted by molar-refractivity contribution is -0.120. The molecule has 0 aliphatic heterocycles. The van der Waals surface area contributed by atoms with E-state index in [1.807, 2.05) is 44.2 Å². The molecule has 0 atom stereocenters. The number of methoxy groups -OCH3 is 1. The summed E-state index contributed by atoms with van der Waals surface area (Å²) < 4.78 is 16.3. The number of benzene rings is 2. The summed E-state index contributed by atoms with van der Waals surface area (Å²) in [5.41, 5.74) is 3.58. The lowest BCUT2D eigenvalue weighted by atomic mass is 10.0. The molecule has 0 fully saturated rings. The van der Waals surface area contributed by atoms with Gasteiger partial charge in [-0.1, -0.05) is 18.2 Å². The second-order valence-corrected chi connectivity index (χ2v) is 7.02. The third kappa shape index (κ3) is 3.49. The molecule has 0 saturated heterocycles. The minimum atomic E-state index is -0.509. The fourth-order valence-corrected chi connectivity index (χ4v) is 3.51. The zero-order valence-corrected chi connectivity index (χ0v) is 16.5. The fraction of sp³-hybridized carbons (Fsp3) is 0.217. The van der Waals surface area contributed by atoms with Crippen LogP contribution in [0.4, 0.5) is 0 Å². The number of carbonyl (C=O) groups excluding carboxylic acids is 1. The van der Waals surface area contributed by atoms with E-state index in [2.05, 4.69) is 5.32 Å². The van der Waals surface area contributed by atoms with Gasteiger partial charge in [0.05, 0.1) is 25.4 Å². The van der Waals surface area contributed by atoms with Gasteiger partial charge >= 0.3 is 5.63 Å². The van der Waals surface area contributed by atoms with Gasteiger partial charge in [0.2, 0.25) is 5.91 Å². The van der Waals surface area contributed by atoms with Crippen LogP contribution in [-0.2, 0) is 17.8 Å². The van der Waals surface area contributed by atoms with Crippen LogP contribution < -0.4 is 15.7 Å². The average molecular weight is 391 g/mol. The molecule has 2 aromatic heterocycles. The Morgan fingerprint density at radius 3 is 2.69 bits per heavy atom. The van der Waals surface area contributed by atoms with Crippen LogP contribution >= 0.6 is 0 Å². The molecule has 148 valence electrons. The van der Waals surface area contributed by atoms with E-state index in [4.69, 9.17) is 13.6 Å². The first-order chi connectivity index (χ1) is 14.0. The van der Waals surface area contributed by atoms with Crippen molar-refractivity contribution in [3.63, 3.8) is 0 Å². The number of para-hydroxylation sites is 1. The Balaban J connectivity index is 1.61. The van der Waals surface area contributed by atoms with Crippen LogP contribution in [0.1, 0.15) is 22.3 Å². The average Bonchev–Trinajstić information content (AvgIpc) is 3.08. The molecule has 0 spiro atoms. The van der Waals surface area contributed by atoms with Crippen LogP contribution in [0.15, 0.2) is 56.3 Å². The first kappa shape index (κ1) is 18.8. The summed E-state index contributed by atoms with van der Waals surface area (Å²) in [6.07, 6.45) is 1.62. The summed E-state index contributed by atoms with van der Waals surface area (Å²) in [6.45, 7) is 4.11. The van der Waals surface area contributed by atoms with Crippen LogP contribution in [0, 0.1) is 13.8 Å². The molecule has 0 unspecified atom stereocenters. The normalized spacial score (nSPS) is 11.1. The van der Waals surface area contributed by atoms with Gasteiger partial charge in [0.1, 0.15) is 16.9 Å². The highest BCUT2D eigenvalue weighted by Gasteiger charge is 2.17. The van der Waals surface area contributed by atoms with Crippen molar-refractivity contribution < 1.29 is 18.4 Å². The lowest BCUT2D eigenvalue weighted by Crippen LogP contribution is -2.27. The van der Waals surface area contributed by atoms with Gasteiger partial charge in [-0.25, -0.2) is 4.79 Å². The maximum atomic E-state index is 12.5. The Morgan fingerprint density at radius 2 is 1.90 bits per heavy atom. The van der Waals surface area contributed by atoms with Gasteiger partial charge in [0, 0.05) is 28.9 Å². The van der Waals surface area contributed by atoms with Gasteiger partial charge in [-0.3, -0.25) is 4.79 Å². The Hall–Kier alpha value is -3.54. The van der Waals surface area contributed by atoms with E-state index < -0.39 is 5.63 Å². The van der Waals surface area contributed by atoms with Crippen molar-refractivity contribution in [2.75, 3.05) is 7.11 Å². The van der Waals surface area contributed by atoms with Crippen molar-refractivity contribution in [2.24, 2.45) is 0 Å². The van der Waals surface area contributed by atoms with E-state index in [0.29, 0.717) is 29.0 Å². The maximum Gasteiger partial charge on any atom is 0.340 e. The maximum absolute atomic E-state index is 12.5. The monoisotopic (exact) mass is 391 g/mol. The molecule has 0 aliphatic carbocycles. The molecular formula is C23H21NO5. The largest absolute Gasteiger partial charge is 0.496 e. The number of aryl methyl sites for hydroxylation is 2. The van der Waals surface area contributed by atoms with Crippen LogP contribution in [0.25, 0.3) is 21.9 Å². The van der Waals surface area contributed by atoms with E-state index in [9.17, 15) is 9.59 Å². The van der Waals surface area contributed by atoms with Crippen molar-refractivity contribution in [1.82, 2.24) is 5.32 Å². The van der Waals surface area contributed by atoms with Crippen molar-refractivity contribution in [2.45, 2.75) is 26.8 Å². The molecule has 1 amide bonds. The Kier molecular flexibility index (Phi) is 4.84. The zero-order valence-electron chi connectivity index (χ0n) is 16.5. The molecule has 6 nitrogen and oxygen atoms in total. The van der Waals surface area contributed by atoms with Crippen molar-refractivity contribution in [3.8, 4) is 5.75 Å². The predicted molar refractivity (Wildman–Crippen MR) is 110 cm³/mol. The molecule has 0 aliphatic rings. The molecule has 0 radical (unpaired) electrons. The second kappa shape index (κ2) is 7.47. The number of fused-ring (bicyclic) bond motifs is 2. The molecule has 0 saturated carbocycles. The van der Waals surface area contributed by atoms with Gasteiger partial charge < -0.3 is 18.9 Å². The molecule has 2 aromatic carbocycles. The van der Waals surface area contributed by atoms with Crippen LogP contribution in [0.5, 0.6) is 5.75 Å². The molecule has 1 N–H and O–H groups in total. The molecule has 29 heavy (non-hydrogen) atoms. The highest BCUT2D eigenvalue weighted by molar-refractivity contribution is 5.96. The van der Waals surface area contributed by atoms with Crippen molar-refractivity contribution in [1.29, 1.82) is 0 Å². The topological polar surface area (TPSA) is 81.7 Å². The zero-order chi connectivity index (χ0) is 20.5.